The lowest BCUT2D eigenvalue weighted by Gasteiger charge is -2.09. The highest BCUT2D eigenvalue weighted by molar-refractivity contribution is 7.80. The Morgan fingerprint density at radius 3 is 2.53 bits per heavy atom. The highest BCUT2D eigenvalue weighted by atomic mass is 35.5. The average Bonchev–Trinajstić information content (AvgIpc) is 3.39. The number of nitrogens with one attached hydrogen (secondary N) is 2. The van der Waals surface area contributed by atoms with Crippen molar-refractivity contribution in [3.8, 4) is 0 Å². The van der Waals surface area contributed by atoms with E-state index in [1.807, 2.05) is 42.5 Å². The number of hydrogen-bond acceptors (Lipinski definition) is 5. The molecule has 0 aliphatic rings. The fraction of sp³-hybridized carbons (Fsp3) is 0.160. The molecule has 0 spiro atoms. The number of hydrogen-bond donors (Lipinski definition) is 2. The van der Waals surface area contributed by atoms with Crippen LogP contribution in [0.2, 0.25) is 15.1 Å². The fourth-order valence-corrected chi connectivity index (χ4v) is 5.27. The summed E-state index contributed by atoms with van der Waals surface area (Å²) in [5, 5.41) is 12.8. The average molecular weight is 580 g/mol. The normalized spacial score (nSPS) is 10.8. The maximum atomic E-state index is 12.6. The Bertz CT molecular complexity index is 1390. The maximum absolute atomic E-state index is 12.6. The minimum Gasteiger partial charge on any atom is -0.462 e. The van der Waals surface area contributed by atoms with Gasteiger partial charge in [0.05, 0.1) is 28.8 Å². The smallest absolute Gasteiger partial charge is 0.341 e. The minimum absolute atomic E-state index is 0.246. The van der Waals surface area contributed by atoms with Gasteiger partial charge in [0.25, 0.3) is 0 Å². The number of carbonyl (C=O) groups excluding carboxylic acids is 1. The van der Waals surface area contributed by atoms with Gasteiger partial charge >= 0.3 is 5.97 Å². The predicted octanol–water partition coefficient (Wildman–Crippen LogP) is 7.53. The van der Waals surface area contributed by atoms with Crippen molar-refractivity contribution in [2.24, 2.45) is 0 Å². The first-order valence-corrected chi connectivity index (χ1v) is 13.3. The van der Waals surface area contributed by atoms with Gasteiger partial charge in [0.1, 0.15) is 10.0 Å². The molecule has 2 aromatic carbocycles. The van der Waals surface area contributed by atoms with Gasteiger partial charge in [-0.05, 0) is 48.5 Å². The van der Waals surface area contributed by atoms with Crippen molar-refractivity contribution in [3.05, 3.63) is 97.4 Å². The third-order valence-electron chi connectivity index (χ3n) is 5.00. The Morgan fingerprint density at radius 2 is 1.81 bits per heavy atom. The van der Waals surface area contributed by atoms with Crippen LogP contribution in [0.1, 0.15) is 33.3 Å². The van der Waals surface area contributed by atoms with Crippen molar-refractivity contribution in [2.75, 3.05) is 17.2 Å². The Kier molecular flexibility index (Phi) is 8.87. The number of thiophene rings is 1. The molecule has 2 aromatic heterocycles. The molecular weight excluding hydrogens is 559 g/mol. The van der Waals surface area contributed by atoms with Gasteiger partial charge < -0.3 is 15.4 Å². The van der Waals surface area contributed by atoms with Crippen molar-refractivity contribution in [2.45, 2.75) is 19.9 Å². The molecule has 6 nitrogen and oxygen atoms in total. The molecule has 0 radical (unpaired) electrons. The molecule has 0 saturated heterocycles. The Morgan fingerprint density at radius 1 is 1.03 bits per heavy atom. The number of ether oxygens (including phenoxy) is 1. The number of esters is 1. The van der Waals surface area contributed by atoms with Crippen LogP contribution in [0.5, 0.6) is 0 Å². The number of carbonyl (C=O) groups is 1. The zero-order chi connectivity index (χ0) is 25.7. The van der Waals surface area contributed by atoms with Gasteiger partial charge in [-0.1, -0.05) is 71.2 Å². The summed E-state index contributed by atoms with van der Waals surface area (Å²) in [4.78, 5) is 13.6. The second-order valence-corrected chi connectivity index (χ2v) is 10.5. The molecule has 0 fully saturated rings. The van der Waals surface area contributed by atoms with E-state index in [4.69, 9.17) is 51.8 Å². The molecule has 0 saturated carbocycles. The first-order chi connectivity index (χ1) is 17.3. The van der Waals surface area contributed by atoms with E-state index in [1.54, 1.807) is 29.9 Å². The molecule has 0 atom stereocenters. The predicted molar refractivity (Wildman–Crippen MR) is 152 cm³/mol. The van der Waals surface area contributed by atoms with Crippen molar-refractivity contribution < 1.29 is 9.53 Å². The van der Waals surface area contributed by atoms with Gasteiger partial charge in [0.15, 0.2) is 10.9 Å². The van der Waals surface area contributed by atoms with Gasteiger partial charge in [-0.15, -0.1) is 11.3 Å². The van der Waals surface area contributed by atoms with Crippen LogP contribution in [-0.2, 0) is 17.7 Å². The van der Waals surface area contributed by atoms with E-state index in [0.717, 1.165) is 16.0 Å². The largest absolute Gasteiger partial charge is 0.462 e. The lowest BCUT2D eigenvalue weighted by Crippen LogP contribution is -2.20. The van der Waals surface area contributed by atoms with Gasteiger partial charge in [-0.2, -0.15) is 5.10 Å². The number of benzene rings is 2. The molecule has 4 aromatic rings. The Hall–Kier alpha value is -2.62. The Balaban J connectivity index is 1.47. The summed E-state index contributed by atoms with van der Waals surface area (Å²) in [6.07, 6.45) is 2.37. The van der Waals surface area contributed by atoms with Crippen LogP contribution in [0.4, 0.5) is 10.8 Å². The number of anilines is 2. The molecule has 0 amide bonds. The summed E-state index contributed by atoms with van der Waals surface area (Å²) in [6.45, 7) is 2.49. The standard InChI is InChI=1S/C25H21Cl3N4O2S2/c1-2-34-24(33)18-12-17(10-15-6-4-3-5-7-15)36-23(18)30-25(35)29-22-21(28)14-32(31-22)13-16-8-9-19(26)20(27)11-16/h3-9,11-12,14H,2,10,13H2,1H3,(H2,29,30,31,35). The topological polar surface area (TPSA) is 68.2 Å². The van der Waals surface area contributed by atoms with Gasteiger partial charge in [-0.3, -0.25) is 4.68 Å². The first kappa shape index (κ1) is 26.4. The molecule has 0 unspecified atom stereocenters. The minimum atomic E-state index is -0.415. The van der Waals surface area contributed by atoms with Crippen LogP contribution >= 0.6 is 58.4 Å². The number of halogens is 3. The molecule has 36 heavy (non-hydrogen) atoms. The summed E-state index contributed by atoms with van der Waals surface area (Å²) < 4.78 is 6.90. The van der Waals surface area contributed by atoms with E-state index < -0.39 is 5.97 Å². The second-order valence-electron chi connectivity index (χ2n) is 7.69. The number of rotatable bonds is 8. The molecule has 0 aliphatic heterocycles. The van der Waals surface area contributed by atoms with E-state index in [9.17, 15) is 4.79 Å². The molecule has 186 valence electrons. The van der Waals surface area contributed by atoms with Gasteiger partial charge in [0, 0.05) is 17.5 Å². The molecule has 2 heterocycles. The monoisotopic (exact) mass is 578 g/mol. The summed E-state index contributed by atoms with van der Waals surface area (Å²) in [5.74, 6) is -0.0322. The summed E-state index contributed by atoms with van der Waals surface area (Å²) in [5.41, 5.74) is 2.48. The Labute approximate surface area is 233 Å². The highest BCUT2D eigenvalue weighted by Gasteiger charge is 2.19. The fourth-order valence-electron chi connectivity index (χ4n) is 3.41. The van der Waals surface area contributed by atoms with Gasteiger partial charge in [-0.25, -0.2) is 4.79 Å². The van der Waals surface area contributed by atoms with Gasteiger partial charge in [0.2, 0.25) is 0 Å². The quantitative estimate of drug-likeness (QED) is 0.166. The van der Waals surface area contributed by atoms with Crippen molar-refractivity contribution >= 4 is 80.3 Å². The van der Waals surface area contributed by atoms with E-state index in [2.05, 4.69) is 15.7 Å². The summed E-state index contributed by atoms with van der Waals surface area (Å²) in [7, 11) is 0. The lowest BCUT2D eigenvalue weighted by molar-refractivity contribution is 0.0528. The van der Waals surface area contributed by atoms with E-state index in [0.29, 0.717) is 44.4 Å². The number of thiocarbonyl (C=S) groups is 1. The third-order valence-corrected chi connectivity index (χ3v) is 7.27. The number of aromatic nitrogens is 2. The zero-order valence-corrected chi connectivity index (χ0v) is 23.0. The lowest BCUT2D eigenvalue weighted by atomic mass is 10.1. The molecule has 2 N–H and O–H groups in total. The summed E-state index contributed by atoms with van der Waals surface area (Å²) in [6, 6.07) is 17.2. The first-order valence-electron chi connectivity index (χ1n) is 10.9. The zero-order valence-electron chi connectivity index (χ0n) is 19.1. The van der Waals surface area contributed by atoms with E-state index >= 15 is 0 Å². The van der Waals surface area contributed by atoms with Crippen LogP contribution in [0.25, 0.3) is 0 Å². The molecule has 4 rings (SSSR count). The third kappa shape index (κ3) is 6.78. The van der Waals surface area contributed by atoms with E-state index in [1.165, 1.54) is 11.3 Å². The van der Waals surface area contributed by atoms with Crippen LogP contribution in [-0.4, -0.2) is 27.5 Å². The molecule has 11 heteroatoms. The van der Waals surface area contributed by atoms with Crippen molar-refractivity contribution in [1.29, 1.82) is 0 Å². The number of nitrogens with zero attached hydrogens (tertiary/aromatic N) is 2. The van der Waals surface area contributed by atoms with Crippen LogP contribution in [0.3, 0.4) is 0 Å². The van der Waals surface area contributed by atoms with Crippen LogP contribution in [0, 0.1) is 0 Å². The molecule has 0 aliphatic carbocycles. The SMILES string of the molecule is CCOC(=O)c1cc(Cc2ccccc2)sc1NC(=S)Nc1nn(Cc2ccc(Cl)c(Cl)c2)cc1Cl. The van der Waals surface area contributed by atoms with Crippen molar-refractivity contribution in [1.82, 2.24) is 9.78 Å². The molecular formula is C25H21Cl3N4O2S2. The summed E-state index contributed by atoms with van der Waals surface area (Å²) >= 11 is 25.4. The van der Waals surface area contributed by atoms with Crippen LogP contribution in [0.15, 0.2) is 60.8 Å². The second kappa shape index (κ2) is 12.1. The van der Waals surface area contributed by atoms with Crippen LogP contribution < -0.4 is 10.6 Å². The highest BCUT2D eigenvalue weighted by Crippen LogP contribution is 2.31. The maximum Gasteiger partial charge on any atom is 0.341 e. The van der Waals surface area contributed by atoms with Crippen molar-refractivity contribution in [3.63, 3.8) is 0 Å². The molecule has 0 bridgehead atoms. The van der Waals surface area contributed by atoms with E-state index in [-0.39, 0.29) is 11.7 Å².